The molecule has 0 spiro atoms. The Morgan fingerprint density at radius 2 is 0.909 bits per heavy atom. The molecule has 2 atom stereocenters. The van der Waals surface area contributed by atoms with E-state index in [9.17, 15) is 0 Å². The van der Waals surface area contributed by atoms with E-state index in [1.807, 2.05) is 12.4 Å². The second-order valence-corrected chi connectivity index (χ2v) is 17.3. The second-order valence-electron chi connectivity index (χ2n) is 17.3. The minimum atomic E-state index is -0.613. The van der Waals surface area contributed by atoms with Crippen LogP contribution in [0.5, 0.6) is 0 Å². The summed E-state index contributed by atoms with van der Waals surface area (Å²) in [7, 11) is 0. The van der Waals surface area contributed by atoms with E-state index >= 15 is 0 Å². The highest BCUT2D eigenvalue weighted by atomic mass is 15.1. The lowest BCUT2D eigenvalue weighted by Gasteiger charge is -2.32. The summed E-state index contributed by atoms with van der Waals surface area (Å²) in [5.41, 5.74) is 10.00. The van der Waals surface area contributed by atoms with Crippen molar-refractivity contribution in [2.24, 2.45) is 0 Å². The number of rotatable bonds is 7. The molecule has 4 aromatic heterocycles. The van der Waals surface area contributed by atoms with E-state index in [1.54, 1.807) is 0 Å². The van der Waals surface area contributed by atoms with E-state index < -0.39 is 10.8 Å². The highest BCUT2D eigenvalue weighted by Crippen LogP contribution is 2.43. The molecule has 8 rings (SSSR count). The van der Waals surface area contributed by atoms with Gasteiger partial charge in [-0.15, -0.1) is 0 Å². The molecule has 0 aliphatic carbocycles. The summed E-state index contributed by atoms with van der Waals surface area (Å²) in [6.45, 7) is 18.1. The average Bonchev–Trinajstić information content (AvgIpc) is 3.54. The first-order valence-electron chi connectivity index (χ1n) is 19.4. The van der Waals surface area contributed by atoms with Gasteiger partial charge < -0.3 is 0 Å². The first-order chi connectivity index (χ1) is 26.3. The molecule has 4 heteroatoms. The van der Waals surface area contributed by atoms with Crippen molar-refractivity contribution in [1.82, 2.24) is 19.5 Å². The molecule has 4 aromatic carbocycles. The molecule has 4 nitrogen and oxygen atoms in total. The van der Waals surface area contributed by atoms with E-state index in [-0.39, 0.29) is 10.8 Å². The number of pyridine rings is 3. The van der Waals surface area contributed by atoms with Crippen molar-refractivity contribution in [2.45, 2.75) is 77.0 Å². The maximum atomic E-state index is 5.59. The molecule has 4 heterocycles. The number of fused-ring (bicyclic) bond motifs is 3. The topological polar surface area (TPSA) is 43.6 Å². The van der Waals surface area contributed by atoms with Crippen LogP contribution in [0.3, 0.4) is 0 Å². The summed E-state index contributed by atoms with van der Waals surface area (Å²) in [5.74, 6) is 0.865. The zero-order valence-electron chi connectivity index (χ0n) is 33.3. The number of hydrogen-bond acceptors (Lipinski definition) is 3. The van der Waals surface area contributed by atoms with E-state index in [1.165, 1.54) is 33.0 Å². The number of para-hydroxylation sites is 1. The van der Waals surface area contributed by atoms with Crippen molar-refractivity contribution in [3.63, 3.8) is 0 Å². The second kappa shape index (κ2) is 13.5. The molecular weight excluding hydrogens is 669 g/mol. The normalized spacial score (nSPS) is 14.5. The third-order valence-corrected chi connectivity index (χ3v) is 11.7. The smallest absolute Gasteiger partial charge is 0.137 e. The quantitative estimate of drug-likeness (QED) is 0.165. The predicted octanol–water partition coefficient (Wildman–Crippen LogP) is 12.3. The lowest BCUT2D eigenvalue weighted by molar-refractivity contribution is 0.579. The Hall–Kier alpha value is -5.87. The fourth-order valence-corrected chi connectivity index (χ4v) is 8.13. The van der Waals surface area contributed by atoms with Crippen LogP contribution in [0, 0.1) is 0 Å². The lowest BCUT2D eigenvalue weighted by atomic mass is 9.72. The molecular formula is C51H50N4. The molecule has 0 aliphatic heterocycles. The van der Waals surface area contributed by atoms with Crippen LogP contribution in [0.25, 0.3) is 27.6 Å². The maximum Gasteiger partial charge on any atom is 0.137 e. The van der Waals surface area contributed by atoms with Gasteiger partial charge >= 0.3 is 0 Å². The summed E-state index contributed by atoms with van der Waals surface area (Å²) in [6, 6.07) is 52.4. The average molecular weight is 719 g/mol. The first kappa shape index (κ1) is 36.1. The molecule has 55 heavy (non-hydrogen) atoms. The fourth-order valence-electron chi connectivity index (χ4n) is 8.13. The Morgan fingerprint density at radius 3 is 1.51 bits per heavy atom. The van der Waals surface area contributed by atoms with Gasteiger partial charge in [-0.3, -0.25) is 14.5 Å². The van der Waals surface area contributed by atoms with Gasteiger partial charge in [0.15, 0.2) is 0 Å². The molecule has 1 unspecified atom stereocenters. The van der Waals surface area contributed by atoms with Crippen molar-refractivity contribution >= 4 is 21.8 Å². The maximum absolute atomic E-state index is 5.59. The SMILES string of the molecule is CC(C)(C)c1ccnc(C(C)(c2ccccc2)c2ccc3c4ccccc4n(-c4cccc([C@](C)(c5ccccc5)c5cc(C(C)(C)C)ccn5)n4)c3c2)c1. The standard InChI is InChI=1S/C51H50N4/c1-48(2,3)37-28-30-52-45(33-37)50(7,35-18-11-9-12-19-35)39-26-27-41-40-22-15-16-23-42(40)55(43(41)32-39)47-25-17-24-44(54-47)51(8,36-20-13-10-14-21-36)46-34-38(29-31-53-46)49(4,5)6/h9-34H,1-8H3/t50?,51-/m0/s1. The zero-order chi connectivity index (χ0) is 38.6. The lowest BCUT2D eigenvalue weighted by Crippen LogP contribution is -2.29. The van der Waals surface area contributed by atoms with Crippen molar-refractivity contribution in [3.8, 4) is 5.82 Å². The summed E-state index contributed by atoms with van der Waals surface area (Å²) in [4.78, 5) is 15.7. The van der Waals surface area contributed by atoms with E-state index in [0.717, 1.165) is 39.5 Å². The largest absolute Gasteiger partial charge is 0.294 e. The van der Waals surface area contributed by atoms with Gasteiger partial charge in [0.05, 0.1) is 38.9 Å². The molecule has 0 saturated carbocycles. The van der Waals surface area contributed by atoms with Crippen LogP contribution in [0.1, 0.15) is 100 Å². The van der Waals surface area contributed by atoms with Crippen LogP contribution in [-0.4, -0.2) is 19.5 Å². The summed E-state index contributed by atoms with van der Waals surface area (Å²) < 4.78 is 2.34. The van der Waals surface area contributed by atoms with Crippen LogP contribution in [0.2, 0.25) is 0 Å². The van der Waals surface area contributed by atoms with Crippen LogP contribution in [0.15, 0.2) is 158 Å². The van der Waals surface area contributed by atoms with Crippen LogP contribution < -0.4 is 0 Å². The Morgan fingerprint density at radius 1 is 0.382 bits per heavy atom. The molecule has 0 N–H and O–H groups in total. The van der Waals surface area contributed by atoms with Gasteiger partial charge in [0.1, 0.15) is 5.82 Å². The molecule has 0 bridgehead atoms. The minimum absolute atomic E-state index is 0.0137. The monoisotopic (exact) mass is 718 g/mol. The van der Waals surface area contributed by atoms with E-state index in [4.69, 9.17) is 15.0 Å². The van der Waals surface area contributed by atoms with Crippen molar-refractivity contribution in [2.75, 3.05) is 0 Å². The van der Waals surface area contributed by atoms with E-state index in [0.29, 0.717) is 0 Å². The number of benzene rings is 4. The first-order valence-corrected chi connectivity index (χ1v) is 19.4. The zero-order valence-corrected chi connectivity index (χ0v) is 33.3. The molecule has 8 aromatic rings. The molecule has 0 amide bonds. The van der Waals surface area contributed by atoms with Crippen LogP contribution >= 0.6 is 0 Å². The summed E-state index contributed by atoms with van der Waals surface area (Å²) in [6.07, 6.45) is 3.92. The number of nitrogens with zero attached hydrogens (tertiary/aromatic N) is 4. The van der Waals surface area contributed by atoms with Crippen molar-refractivity contribution in [1.29, 1.82) is 0 Å². The molecule has 0 radical (unpaired) electrons. The van der Waals surface area contributed by atoms with Crippen molar-refractivity contribution in [3.05, 3.63) is 203 Å². The molecule has 0 aliphatic rings. The van der Waals surface area contributed by atoms with Crippen molar-refractivity contribution < 1.29 is 0 Å². The minimum Gasteiger partial charge on any atom is -0.294 e. The van der Waals surface area contributed by atoms with Gasteiger partial charge in [0.2, 0.25) is 0 Å². The number of hydrogen-bond donors (Lipinski definition) is 0. The van der Waals surface area contributed by atoms with Gasteiger partial charge in [-0.2, -0.15) is 0 Å². The Labute approximate surface area is 326 Å². The fraction of sp³-hybridized carbons (Fsp3) is 0.235. The molecule has 0 saturated heterocycles. The van der Waals surface area contributed by atoms with Gasteiger partial charge in [-0.05, 0) is 101 Å². The Balaban J connectivity index is 1.37. The van der Waals surface area contributed by atoms with Gasteiger partial charge in [-0.25, -0.2) is 4.98 Å². The molecule has 0 fully saturated rings. The van der Waals surface area contributed by atoms with Gasteiger partial charge in [-0.1, -0.05) is 139 Å². The third-order valence-electron chi connectivity index (χ3n) is 11.7. The number of aromatic nitrogens is 4. The highest BCUT2D eigenvalue weighted by Gasteiger charge is 2.37. The molecule has 274 valence electrons. The van der Waals surface area contributed by atoms with E-state index in [2.05, 4.69) is 206 Å². The summed E-state index contributed by atoms with van der Waals surface area (Å²) >= 11 is 0. The highest BCUT2D eigenvalue weighted by molar-refractivity contribution is 6.09. The van der Waals surface area contributed by atoms with Gasteiger partial charge in [0, 0.05) is 23.2 Å². The Kier molecular flexibility index (Phi) is 8.84. The third kappa shape index (κ3) is 6.24. The Bertz CT molecular complexity index is 2640. The summed E-state index contributed by atoms with van der Waals surface area (Å²) in [5, 5.41) is 2.37. The predicted molar refractivity (Wildman–Crippen MR) is 228 cm³/mol. The van der Waals surface area contributed by atoms with Crippen LogP contribution in [0.4, 0.5) is 0 Å². The van der Waals surface area contributed by atoms with Gasteiger partial charge in [0.25, 0.3) is 0 Å². The van der Waals surface area contributed by atoms with Crippen LogP contribution in [-0.2, 0) is 21.7 Å².